The molecule has 130 valence electrons. The zero-order chi connectivity index (χ0) is 18.1. The van der Waals surface area contributed by atoms with Gasteiger partial charge in [-0.05, 0) is 43.3 Å². The van der Waals surface area contributed by atoms with E-state index in [1.54, 1.807) is 18.3 Å². The normalized spacial score (nSPS) is 19.3. The van der Waals surface area contributed by atoms with E-state index >= 15 is 0 Å². The summed E-state index contributed by atoms with van der Waals surface area (Å²) in [6.07, 6.45) is 9.39. The quantitative estimate of drug-likeness (QED) is 0.749. The summed E-state index contributed by atoms with van der Waals surface area (Å²) < 4.78 is 1.99. The van der Waals surface area contributed by atoms with E-state index in [-0.39, 0.29) is 23.7 Å². The summed E-state index contributed by atoms with van der Waals surface area (Å²) in [5, 5.41) is 13.6. The molecule has 26 heavy (non-hydrogen) atoms. The smallest absolute Gasteiger partial charge is 0.251 e. The molecule has 1 amide bonds. The average Bonchev–Trinajstić information content (AvgIpc) is 3.07. The number of aliphatic imine (C=N–C) groups is 1. The van der Waals surface area contributed by atoms with Gasteiger partial charge in [-0.2, -0.15) is 0 Å². The first-order chi connectivity index (χ1) is 12.6. The van der Waals surface area contributed by atoms with Gasteiger partial charge in [-0.15, -0.1) is 0 Å². The molecule has 3 heterocycles. The standard InChI is InChI=1S/C20H18N4O2/c1-13-17(23-20(26)15-3-2-4-16(25)11-15)5-6-19(22-13)24-10-8-14-7-9-21-12-18(14)24/h2-13,17,25H,1H3,(H,23,26). The fourth-order valence-electron chi connectivity index (χ4n) is 3.05. The van der Waals surface area contributed by atoms with Crippen molar-refractivity contribution < 1.29 is 9.90 Å². The molecule has 2 atom stereocenters. The van der Waals surface area contributed by atoms with Gasteiger partial charge in [0, 0.05) is 23.3 Å². The summed E-state index contributed by atoms with van der Waals surface area (Å²) in [5.74, 6) is 0.637. The Hall–Kier alpha value is -3.41. The fourth-order valence-corrected chi connectivity index (χ4v) is 3.05. The highest BCUT2D eigenvalue weighted by atomic mass is 16.3. The van der Waals surface area contributed by atoms with Gasteiger partial charge in [0.2, 0.25) is 0 Å². The van der Waals surface area contributed by atoms with E-state index in [2.05, 4.69) is 10.3 Å². The lowest BCUT2D eigenvalue weighted by atomic mass is 10.1. The van der Waals surface area contributed by atoms with Crippen molar-refractivity contribution in [3.05, 3.63) is 72.7 Å². The fraction of sp³-hybridized carbons (Fsp3) is 0.150. The molecule has 0 saturated heterocycles. The van der Waals surface area contributed by atoms with Crippen LogP contribution in [0.4, 0.5) is 0 Å². The van der Waals surface area contributed by atoms with Gasteiger partial charge in [-0.3, -0.25) is 19.3 Å². The van der Waals surface area contributed by atoms with Crippen molar-refractivity contribution in [2.24, 2.45) is 4.99 Å². The second kappa shape index (κ2) is 6.48. The number of phenolic OH excluding ortho intramolecular Hbond substituents is 1. The molecule has 0 spiro atoms. The summed E-state index contributed by atoms with van der Waals surface area (Å²) >= 11 is 0. The first kappa shape index (κ1) is 16.1. The second-order valence-electron chi connectivity index (χ2n) is 6.26. The Morgan fingerprint density at radius 1 is 1.27 bits per heavy atom. The Morgan fingerprint density at radius 2 is 2.15 bits per heavy atom. The maximum Gasteiger partial charge on any atom is 0.251 e. The molecule has 4 rings (SSSR count). The van der Waals surface area contributed by atoms with E-state index in [9.17, 15) is 9.90 Å². The summed E-state index contributed by atoms with van der Waals surface area (Å²) in [6.45, 7) is 1.96. The number of hydrogen-bond acceptors (Lipinski definition) is 4. The number of allylic oxidation sites excluding steroid dienone is 1. The number of phenols is 1. The monoisotopic (exact) mass is 346 g/mol. The molecule has 1 aliphatic rings. The molecular formula is C20H18N4O2. The van der Waals surface area contributed by atoms with Crippen LogP contribution in [0.25, 0.3) is 10.9 Å². The van der Waals surface area contributed by atoms with Gasteiger partial charge in [-0.25, -0.2) is 0 Å². The Balaban J connectivity index is 1.53. The van der Waals surface area contributed by atoms with Crippen LogP contribution >= 0.6 is 0 Å². The Labute approximate surface area is 150 Å². The van der Waals surface area contributed by atoms with E-state index in [1.165, 1.54) is 12.1 Å². The largest absolute Gasteiger partial charge is 0.508 e. The number of rotatable bonds is 2. The van der Waals surface area contributed by atoms with Crippen molar-refractivity contribution in [3.8, 4) is 5.75 Å². The van der Waals surface area contributed by atoms with Crippen molar-refractivity contribution in [1.82, 2.24) is 14.9 Å². The molecular weight excluding hydrogens is 328 g/mol. The number of pyridine rings is 1. The Kier molecular flexibility index (Phi) is 4.01. The minimum atomic E-state index is -0.239. The molecule has 2 aromatic heterocycles. The first-order valence-corrected chi connectivity index (χ1v) is 8.39. The molecule has 0 aliphatic carbocycles. The lowest BCUT2D eigenvalue weighted by Crippen LogP contribution is -2.42. The molecule has 1 aromatic carbocycles. The van der Waals surface area contributed by atoms with Gasteiger partial charge < -0.3 is 10.4 Å². The van der Waals surface area contributed by atoms with Gasteiger partial charge in [0.1, 0.15) is 11.6 Å². The number of nitrogens with one attached hydrogen (secondary N) is 1. The van der Waals surface area contributed by atoms with Crippen LogP contribution in [0.3, 0.4) is 0 Å². The Bertz CT molecular complexity index is 1030. The number of hydrogen-bond donors (Lipinski definition) is 2. The first-order valence-electron chi connectivity index (χ1n) is 8.39. The van der Waals surface area contributed by atoms with Gasteiger partial charge in [0.05, 0.1) is 23.8 Å². The molecule has 0 radical (unpaired) electrons. The van der Waals surface area contributed by atoms with Crippen molar-refractivity contribution in [2.45, 2.75) is 19.0 Å². The maximum atomic E-state index is 12.4. The molecule has 3 aromatic rings. The highest BCUT2D eigenvalue weighted by Crippen LogP contribution is 2.18. The van der Waals surface area contributed by atoms with E-state index in [0.29, 0.717) is 5.56 Å². The third-order valence-corrected chi connectivity index (χ3v) is 4.46. The number of aromatic nitrogens is 2. The number of benzene rings is 1. The molecule has 6 heteroatoms. The van der Waals surface area contributed by atoms with Crippen molar-refractivity contribution in [3.63, 3.8) is 0 Å². The number of dihydropyridines is 1. The van der Waals surface area contributed by atoms with Crippen LogP contribution in [0.2, 0.25) is 0 Å². The van der Waals surface area contributed by atoms with Gasteiger partial charge in [0.25, 0.3) is 5.91 Å². The number of carbonyl (C=O) groups is 1. The molecule has 0 bridgehead atoms. The van der Waals surface area contributed by atoms with Crippen LogP contribution in [-0.2, 0) is 0 Å². The number of amides is 1. The highest BCUT2D eigenvalue weighted by molar-refractivity contribution is 6.02. The molecule has 0 saturated carbocycles. The maximum absolute atomic E-state index is 12.4. The third-order valence-electron chi connectivity index (χ3n) is 4.46. The van der Waals surface area contributed by atoms with Gasteiger partial charge in [0.15, 0.2) is 0 Å². The molecule has 6 nitrogen and oxygen atoms in total. The SMILES string of the molecule is CC1N=C(n2ccc3ccncc32)C=CC1NC(=O)c1cccc(O)c1. The number of carbonyl (C=O) groups excluding carboxylic acids is 1. The summed E-state index contributed by atoms with van der Waals surface area (Å²) in [6, 6.07) is 9.94. The van der Waals surface area contributed by atoms with E-state index < -0.39 is 0 Å². The van der Waals surface area contributed by atoms with E-state index in [1.807, 2.05) is 48.2 Å². The van der Waals surface area contributed by atoms with Crippen molar-refractivity contribution >= 4 is 22.6 Å². The predicted molar refractivity (Wildman–Crippen MR) is 101 cm³/mol. The lowest BCUT2D eigenvalue weighted by Gasteiger charge is -2.24. The van der Waals surface area contributed by atoms with Crippen molar-refractivity contribution in [1.29, 1.82) is 0 Å². The highest BCUT2D eigenvalue weighted by Gasteiger charge is 2.22. The average molecular weight is 346 g/mol. The zero-order valence-corrected chi connectivity index (χ0v) is 14.2. The minimum Gasteiger partial charge on any atom is -0.508 e. The zero-order valence-electron chi connectivity index (χ0n) is 14.2. The van der Waals surface area contributed by atoms with Crippen LogP contribution in [0.15, 0.2) is 72.1 Å². The minimum absolute atomic E-state index is 0.0679. The Morgan fingerprint density at radius 3 is 2.96 bits per heavy atom. The molecule has 1 aliphatic heterocycles. The van der Waals surface area contributed by atoms with Crippen LogP contribution in [-0.4, -0.2) is 38.5 Å². The summed E-state index contributed by atoms with van der Waals surface area (Å²) in [5.41, 5.74) is 1.41. The number of aromatic hydroxyl groups is 1. The molecule has 2 N–H and O–H groups in total. The number of nitrogens with zero attached hydrogens (tertiary/aromatic N) is 3. The van der Waals surface area contributed by atoms with Crippen LogP contribution < -0.4 is 5.32 Å². The molecule has 2 unspecified atom stereocenters. The van der Waals surface area contributed by atoms with Crippen LogP contribution in [0, 0.1) is 0 Å². The number of fused-ring (bicyclic) bond motifs is 1. The van der Waals surface area contributed by atoms with E-state index in [4.69, 9.17) is 4.99 Å². The predicted octanol–water partition coefficient (Wildman–Crippen LogP) is 2.75. The van der Waals surface area contributed by atoms with Crippen LogP contribution in [0.1, 0.15) is 17.3 Å². The van der Waals surface area contributed by atoms with Crippen molar-refractivity contribution in [2.75, 3.05) is 0 Å². The van der Waals surface area contributed by atoms with E-state index in [0.717, 1.165) is 16.7 Å². The van der Waals surface area contributed by atoms with Gasteiger partial charge >= 0.3 is 0 Å². The third kappa shape index (κ3) is 2.97. The second-order valence-corrected chi connectivity index (χ2v) is 6.26. The lowest BCUT2D eigenvalue weighted by molar-refractivity contribution is 0.0940. The van der Waals surface area contributed by atoms with Crippen LogP contribution in [0.5, 0.6) is 5.75 Å². The summed E-state index contributed by atoms with van der Waals surface area (Å²) in [7, 11) is 0. The molecule has 0 fully saturated rings. The summed E-state index contributed by atoms with van der Waals surface area (Å²) in [4.78, 5) is 21.3. The topological polar surface area (TPSA) is 79.5 Å². The van der Waals surface area contributed by atoms with Gasteiger partial charge in [-0.1, -0.05) is 12.1 Å².